The third-order valence-electron chi connectivity index (χ3n) is 3.04. The second-order valence-corrected chi connectivity index (χ2v) is 4.47. The zero-order valence-corrected chi connectivity index (χ0v) is 9.94. The predicted octanol–water partition coefficient (Wildman–Crippen LogP) is 2.66. The molecular weight excluding hydrogens is 216 g/mol. The summed E-state index contributed by atoms with van der Waals surface area (Å²) in [6.45, 7) is 1.96. The highest BCUT2D eigenvalue weighted by atomic mass is 16.5. The van der Waals surface area contributed by atoms with Gasteiger partial charge in [-0.2, -0.15) is 0 Å². The summed E-state index contributed by atoms with van der Waals surface area (Å²) in [5.74, 6) is -0.345. The molecule has 0 spiro atoms. The van der Waals surface area contributed by atoms with E-state index in [0.717, 1.165) is 18.4 Å². The van der Waals surface area contributed by atoms with Crippen LogP contribution in [0, 0.1) is 6.92 Å². The molecule has 0 radical (unpaired) electrons. The fourth-order valence-electron chi connectivity index (χ4n) is 1.96. The van der Waals surface area contributed by atoms with Crippen molar-refractivity contribution in [3.05, 3.63) is 35.4 Å². The second-order valence-electron chi connectivity index (χ2n) is 4.47. The Labute approximate surface area is 101 Å². The molecule has 90 valence electrons. The third kappa shape index (κ3) is 2.93. The minimum atomic E-state index is -0.530. The molecule has 2 rings (SSSR count). The van der Waals surface area contributed by atoms with E-state index in [4.69, 9.17) is 4.74 Å². The first-order valence-electron chi connectivity index (χ1n) is 5.97. The number of hydrogen-bond acceptors (Lipinski definition) is 3. The van der Waals surface area contributed by atoms with Crippen molar-refractivity contribution in [3.8, 4) is 0 Å². The Morgan fingerprint density at radius 1 is 1.24 bits per heavy atom. The van der Waals surface area contributed by atoms with Crippen LogP contribution in [0.5, 0.6) is 0 Å². The van der Waals surface area contributed by atoms with E-state index in [1.165, 1.54) is 0 Å². The molecule has 1 saturated carbocycles. The van der Waals surface area contributed by atoms with Crippen LogP contribution in [0.25, 0.3) is 0 Å². The van der Waals surface area contributed by atoms with E-state index in [1.54, 1.807) is 12.1 Å². The van der Waals surface area contributed by atoms with E-state index in [-0.39, 0.29) is 5.78 Å². The lowest BCUT2D eigenvalue weighted by Crippen LogP contribution is -2.30. The van der Waals surface area contributed by atoms with Gasteiger partial charge in [0.1, 0.15) is 0 Å². The molecule has 1 aromatic carbocycles. The molecule has 1 aliphatic carbocycles. The van der Waals surface area contributed by atoms with Crippen molar-refractivity contribution in [1.29, 1.82) is 0 Å². The van der Waals surface area contributed by atoms with Crippen molar-refractivity contribution in [2.24, 2.45) is 0 Å². The first-order valence-corrected chi connectivity index (χ1v) is 5.97. The first kappa shape index (κ1) is 11.8. The number of ketones is 1. The quantitative estimate of drug-likeness (QED) is 0.736. The zero-order chi connectivity index (χ0) is 12.3. The Bertz CT molecular complexity index is 420. The number of benzene rings is 1. The topological polar surface area (TPSA) is 43.4 Å². The number of esters is 1. The van der Waals surface area contributed by atoms with Crippen molar-refractivity contribution < 1.29 is 14.3 Å². The Balaban J connectivity index is 2.01. The van der Waals surface area contributed by atoms with Gasteiger partial charge in [0.15, 0.2) is 11.9 Å². The Morgan fingerprint density at radius 3 is 2.59 bits per heavy atom. The zero-order valence-electron chi connectivity index (χ0n) is 9.94. The van der Waals surface area contributed by atoms with Crippen molar-refractivity contribution >= 4 is 11.8 Å². The molecule has 0 N–H and O–H groups in total. The second kappa shape index (κ2) is 5.13. The number of hydrogen-bond donors (Lipinski definition) is 0. The molecular formula is C14H16O3. The fraction of sp³-hybridized carbons (Fsp3) is 0.429. The van der Waals surface area contributed by atoms with Gasteiger partial charge in [-0.3, -0.25) is 4.79 Å². The van der Waals surface area contributed by atoms with Gasteiger partial charge in [-0.1, -0.05) is 17.7 Å². The van der Waals surface area contributed by atoms with Gasteiger partial charge >= 0.3 is 5.97 Å². The highest BCUT2D eigenvalue weighted by molar-refractivity contribution is 5.93. The average Bonchev–Trinajstić information content (AvgIpc) is 2.33. The minimum Gasteiger partial charge on any atom is -0.451 e. The lowest BCUT2D eigenvalue weighted by atomic mass is 9.96. The maximum atomic E-state index is 11.8. The van der Waals surface area contributed by atoms with Crippen molar-refractivity contribution in [2.45, 2.75) is 38.7 Å². The van der Waals surface area contributed by atoms with Crippen molar-refractivity contribution in [1.82, 2.24) is 0 Å². The molecule has 0 saturated heterocycles. The van der Waals surface area contributed by atoms with Gasteiger partial charge in [-0.15, -0.1) is 0 Å². The van der Waals surface area contributed by atoms with Gasteiger partial charge in [0.25, 0.3) is 0 Å². The molecule has 0 unspecified atom stereocenters. The largest absolute Gasteiger partial charge is 0.451 e. The summed E-state index contributed by atoms with van der Waals surface area (Å²) in [4.78, 5) is 23.3. The van der Waals surface area contributed by atoms with Crippen LogP contribution in [0.3, 0.4) is 0 Å². The van der Waals surface area contributed by atoms with Crippen LogP contribution < -0.4 is 0 Å². The number of rotatable bonds is 2. The molecule has 1 aliphatic rings. The van der Waals surface area contributed by atoms with Crippen LogP contribution in [0.1, 0.15) is 41.6 Å². The van der Waals surface area contributed by atoms with E-state index >= 15 is 0 Å². The maximum Gasteiger partial charge on any atom is 0.338 e. The number of carbonyl (C=O) groups excluding carboxylic acids is 2. The van der Waals surface area contributed by atoms with Crippen LogP contribution in [0.15, 0.2) is 24.3 Å². The highest BCUT2D eigenvalue weighted by Gasteiger charge is 2.26. The van der Waals surface area contributed by atoms with Gasteiger partial charge in [-0.05, 0) is 38.3 Å². The molecule has 0 bridgehead atoms. The lowest BCUT2D eigenvalue weighted by molar-refractivity contribution is -0.129. The average molecular weight is 232 g/mol. The van der Waals surface area contributed by atoms with Crippen molar-refractivity contribution in [2.75, 3.05) is 0 Å². The number of aryl methyl sites for hydroxylation is 1. The van der Waals surface area contributed by atoms with E-state index in [1.807, 2.05) is 19.1 Å². The Hall–Kier alpha value is -1.64. The standard InChI is InChI=1S/C14H16O3/c1-10-6-8-11(9-7-10)14(16)17-13-5-3-2-4-12(13)15/h6-9,13H,2-5H2,1H3/t13-/m1/s1. The number of Topliss-reactive ketones (excluding diaryl/α,β-unsaturated/α-hetero) is 1. The minimum absolute atomic E-state index is 0.0525. The van der Waals surface area contributed by atoms with Crippen LogP contribution in [-0.2, 0) is 9.53 Å². The van der Waals surface area contributed by atoms with E-state index in [0.29, 0.717) is 18.4 Å². The summed E-state index contributed by atoms with van der Waals surface area (Å²) in [5.41, 5.74) is 1.60. The third-order valence-corrected chi connectivity index (χ3v) is 3.04. The number of carbonyl (C=O) groups is 2. The summed E-state index contributed by atoms with van der Waals surface area (Å²) in [7, 11) is 0. The molecule has 0 aromatic heterocycles. The SMILES string of the molecule is Cc1ccc(C(=O)O[C@@H]2CCCCC2=O)cc1. The Morgan fingerprint density at radius 2 is 1.94 bits per heavy atom. The van der Waals surface area contributed by atoms with Crippen LogP contribution in [0.4, 0.5) is 0 Å². The lowest BCUT2D eigenvalue weighted by Gasteiger charge is -2.20. The van der Waals surface area contributed by atoms with Gasteiger partial charge in [-0.25, -0.2) is 4.79 Å². The summed E-state index contributed by atoms with van der Waals surface area (Å²) in [6.07, 6.45) is 2.54. The molecule has 1 fully saturated rings. The summed E-state index contributed by atoms with van der Waals surface area (Å²) in [5, 5.41) is 0. The molecule has 0 aliphatic heterocycles. The molecule has 17 heavy (non-hydrogen) atoms. The van der Waals surface area contributed by atoms with Gasteiger partial charge in [0.2, 0.25) is 0 Å². The molecule has 0 amide bonds. The highest BCUT2D eigenvalue weighted by Crippen LogP contribution is 2.18. The first-order chi connectivity index (χ1) is 8.16. The van der Waals surface area contributed by atoms with Gasteiger partial charge < -0.3 is 4.74 Å². The molecule has 0 heterocycles. The molecule has 1 aromatic rings. The normalized spacial score (nSPS) is 20.1. The van der Waals surface area contributed by atoms with Gasteiger partial charge in [0, 0.05) is 6.42 Å². The fourth-order valence-corrected chi connectivity index (χ4v) is 1.96. The smallest absolute Gasteiger partial charge is 0.338 e. The van der Waals surface area contributed by atoms with Crippen LogP contribution in [-0.4, -0.2) is 17.9 Å². The predicted molar refractivity (Wildman–Crippen MR) is 63.9 cm³/mol. The Kier molecular flexibility index (Phi) is 3.57. The summed E-state index contributed by atoms with van der Waals surface area (Å²) < 4.78 is 5.24. The number of ether oxygens (including phenoxy) is 1. The van der Waals surface area contributed by atoms with Crippen LogP contribution in [0.2, 0.25) is 0 Å². The summed E-state index contributed by atoms with van der Waals surface area (Å²) in [6, 6.07) is 7.18. The monoisotopic (exact) mass is 232 g/mol. The summed E-state index contributed by atoms with van der Waals surface area (Å²) >= 11 is 0. The van der Waals surface area contributed by atoms with Crippen molar-refractivity contribution in [3.63, 3.8) is 0 Å². The molecule has 3 heteroatoms. The van der Waals surface area contributed by atoms with Gasteiger partial charge in [0.05, 0.1) is 5.56 Å². The maximum absolute atomic E-state index is 11.8. The van der Waals surface area contributed by atoms with E-state index < -0.39 is 12.1 Å². The van der Waals surface area contributed by atoms with E-state index in [9.17, 15) is 9.59 Å². The molecule has 3 nitrogen and oxygen atoms in total. The van der Waals surface area contributed by atoms with E-state index in [2.05, 4.69) is 0 Å². The molecule has 1 atom stereocenters. The van der Waals surface area contributed by atoms with Crippen LogP contribution >= 0.6 is 0 Å².